The summed E-state index contributed by atoms with van der Waals surface area (Å²) in [6.45, 7) is 2.98. The van der Waals surface area contributed by atoms with E-state index in [-0.39, 0.29) is 12.6 Å². The minimum Gasteiger partial charge on any atom is -0.395 e. The summed E-state index contributed by atoms with van der Waals surface area (Å²) in [6, 6.07) is 8.39. The number of rotatable bonds is 5. The maximum absolute atomic E-state index is 9.14. The molecule has 1 aromatic heterocycles. The number of hydrogen-bond acceptors (Lipinski definition) is 3. The number of nitrogens with zero attached hydrogens (tertiary/aromatic N) is 1. The minimum atomic E-state index is 0.161. The van der Waals surface area contributed by atoms with Crippen LogP contribution in [0.25, 0.3) is 10.8 Å². The molecule has 0 radical (unpaired) electrons. The second-order valence-electron chi connectivity index (χ2n) is 4.19. The lowest BCUT2D eigenvalue weighted by atomic mass is 10.1. The molecule has 1 heterocycles. The highest BCUT2D eigenvalue weighted by Gasteiger charge is 2.05. The zero-order valence-electron chi connectivity index (χ0n) is 10.1. The van der Waals surface area contributed by atoms with Crippen LogP contribution in [0.4, 0.5) is 0 Å². The van der Waals surface area contributed by atoms with Gasteiger partial charge < -0.3 is 10.4 Å². The Labute approximate surface area is 102 Å². The van der Waals surface area contributed by atoms with E-state index >= 15 is 0 Å². The van der Waals surface area contributed by atoms with Gasteiger partial charge in [-0.2, -0.15) is 0 Å². The molecule has 3 heteroatoms. The van der Waals surface area contributed by atoms with Gasteiger partial charge in [0.1, 0.15) is 0 Å². The first-order valence-corrected chi connectivity index (χ1v) is 6.01. The van der Waals surface area contributed by atoms with Gasteiger partial charge in [-0.15, -0.1) is 0 Å². The maximum atomic E-state index is 9.14. The first kappa shape index (κ1) is 12.0. The summed E-state index contributed by atoms with van der Waals surface area (Å²) >= 11 is 0. The summed E-state index contributed by atoms with van der Waals surface area (Å²) in [5, 5.41) is 14.9. The molecule has 0 aliphatic rings. The molecular weight excluding hydrogens is 212 g/mol. The monoisotopic (exact) mass is 230 g/mol. The summed E-state index contributed by atoms with van der Waals surface area (Å²) in [7, 11) is 0. The molecule has 1 atom stereocenters. The predicted octanol–water partition coefficient (Wildman–Crippen LogP) is 2.10. The fourth-order valence-electron chi connectivity index (χ4n) is 1.91. The van der Waals surface area contributed by atoms with Crippen LogP contribution in [0.2, 0.25) is 0 Å². The minimum absolute atomic E-state index is 0.161. The number of pyridine rings is 1. The molecule has 0 aliphatic heterocycles. The molecule has 2 aromatic rings. The van der Waals surface area contributed by atoms with Gasteiger partial charge in [-0.25, -0.2) is 0 Å². The Balaban J connectivity index is 2.18. The van der Waals surface area contributed by atoms with Gasteiger partial charge in [0.05, 0.1) is 6.61 Å². The van der Waals surface area contributed by atoms with E-state index < -0.39 is 0 Å². The highest BCUT2D eigenvalue weighted by molar-refractivity contribution is 5.84. The van der Waals surface area contributed by atoms with Crippen LogP contribution in [0.5, 0.6) is 0 Å². The standard InChI is InChI=1S/C14H18N2O/c1-2-13(10-17)16-9-12-8-15-7-11-5-3-4-6-14(11)12/h3-8,13,16-17H,2,9-10H2,1H3. The molecule has 90 valence electrons. The van der Waals surface area contributed by atoms with Crippen LogP contribution in [0.15, 0.2) is 36.7 Å². The van der Waals surface area contributed by atoms with Crippen molar-refractivity contribution in [2.24, 2.45) is 0 Å². The van der Waals surface area contributed by atoms with Crippen LogP contribution in [-0.4, -0.2) is 22.7 Å². The molecule has 0 aliphatic carbocycles. The van der Waals surface area contributed by atoms with Crippen molar-refractivity contribution in [3.8, 4) is 0 Å². The van der Waals surface area contributed by atoms with Crippen LogP contribution >= 0.6 is 0 Å². The van der Waals surface area contributed by atoms with Crippen LogP contribution in [0.3, 0.4) is 0 Å². The van der Waals surface area contributed by atoms with E-state index in [0.717, 1.165) is 18.4 Å². The number of aliphatic hydroxyl groups is 1. The number of fused-ring (bicyclic) bond motifs is 1. The van der Waals surface area contributed by atoms with E-state index in [1.807, 2.05) is 24.5 Å². The van der Waals surface area contributed by atoms with Gasteiger partial charge in [-0.3, -0.25) is 4.98 Å². The molecule has 0 fully saturated rings. The summed E-state index contributed by atoms with van der Waals surface area (Å²) in [6.07, 6.45) is 4.69. The Morgan fingerprint density at radius 2 is 2.12 bits per heavy atom. The first-order chi connectivity index (χ1) is 8.35. The lowest BCUT2D eigenvalue weighted by Crippen LogP contribution is -2.31. The zero-order chi connectivity index (χ0) is 12.1. The molecular formula is C14H18N2O. The average molecular weight is 230 g/mol. The quantitative estimate of drug-likeness (QED) is 0.826. The number of aromatic nitrogens is 1. The van der Waals surface area contributed by atoms with Crippen molar-refractivity contribution in [2.45, 2.75) is 25.9 Å². The van der Waals surface area contributed by atoms with Crippen molar-refractivity contribution in [1.29, 1.82) is 0 Å². The lowest BCUT2D eigenvalue weighted by Gasteiger charge is -2.14. The number of hydrogen-bond donors (Lipinski definition) is 2. The fourth-order valence-corrected chi connectivity index (χ4v) is 1.91. The summed E-state index contributed by atoms with van der Waals surface area (Å²) in [5.41, 5.74) is 1.18. The number of nitrogens with one attached hydrogen (secondary N) is 1. The first-order valence-electron chi connectivity index (χ1n) is 6.01. The van der Waals surface area contributed by atoms with E-state index in [9.17, 15) is 0 Å². The van der Waals surface area contributed by atoms with E-state index in [0.29, 0.717) is 0 Å². The van der Waals surface area contributed by atoms with E-state index in [4.69, 9.17) is 5.11 Å². The second kappa shape index (κ2) is 5.75. The largest absolute Gasteiger partial charge is 0.395 e. The highest BCUT2D eigenvalue weighted by atomic mass is 16.3. The highest BCUT2D eigenvalue weighted by Crippen LogP contribution is 2.16. The lowest BCUT2D eigenvalue weighted by molar-refractivity contribution is 0.238. The third-order valence-corrected chi connectivity index (χ3v) is 3.05. The molecule has 1 unspecified atom stereocenters. The van der Waals surface area contributed by atoms with Crippen molar-refractivity contribution in [3.63, 3.8) is 0 Å². The molecule has 2 N–H and O–H groups in total. The van der Waals surface area contributed by atoms with E-state index in [1.54, 1.807) is 0 Å². The Hall–Kier alpha value is -1.45. The maximum Gasteiger partial charge on any atom is 0.0584 e. The topological polar surface area (TPSA) is 45.1 Å². The van der Waals surface area contributed by atoms with Crippen molar-refractivity contribution < 1.29 is 5.11 Å². The van der Waals surface area contributed by atoms with Gasteiger partial charge in [0.2, 0.25) is 0 Å². The van der Waals surface area contributed by atoms with Crippen LogP contribution in [0, 0.1) is 0 Å². The SMILES string of the molecule is CCC(CO)NCc1cncc2ccccc12. The Kier molecular flexibility index (Phi) is 4.07. The van der Waals surface area contributed by atoms with Crippen molar-refractivity contribution >= 4 is 10.8 Å². The summed E-state index contributed by atoms with van der Waals surface area (Å²) in [5.74, 6) is 0. The van der Waals surface area contributed by atoms with E-state index in [1.165, 1.54) is 10.9 Å². The number of aliphatic hydroxyl groups excluding tert-OH is 1. The normalized spacial score (nSPS) is 12.8. The number of benzene rings is 1. The molecule has 3 nitrogen and oxygen atoms in total. The average Bonchev–Trinajstić information content (AvgIpc) is 2.40. The molecule has 0 saturated carbocycles. The van der Waals surface area contributed by atoms with Crippen molar-refractivity contribution in [2.75, 3.05) is 6.61 Å². The Morgan fingerprint density at radius 3 is 2.88 bits per heavy atom. The molecule has 1 aromatic carbocycles. The fraction of sp³-hybridized carbons (Fsp3) is 0.357. The smallest absolute Gasteiger partial charge is 0.0584 e. The van der Waals surface area contributed by atoms with Gasteiger partial charge in [0.25, 0.3) is 0 Å². The van der Waals surface area contributed by atoms with Gasteiger partial charge in [-0.05, 0) is 17.4 Å². The third kappa shape index (κ3) is 2.81. The molecule has 0 spiro atoms. The molecule has 0 saturated heterocycles. The Bertz CT molecular complexity index is 475. The van der Waals surface area contributed by atoms with Crippen LogP contribution in [0.1, 0.15) is 18.9 Å². The summed E-state index contributed by atoms with van der Waals surface area (Å²) < 4.78 is 0. The van der Waals surface area contributed by atoms with Crippen LogP contribution < -0.4 is 5.32 Å². The van der Waals surface area contributed by atoms with Gasteiger partial charge in [-0.1, -0.05) is 31.2 Å². The second-order valence-corrected chi connectivity index (χ2v) is 4.19. The Morgan fingerprint density at radius 1 is 1.29 bits per heavy atom. The van der Waals surface area contributed by atoms with Crippen molar-refractivity contribution in [1.82, 2.24) is 10.3 Å². The zero-order valence-corrected chi connectivity index (χ0v) is 10.1. The molecule has 17 heavy (non-hydrogen) atoms. The molecule has 0 amide bonds. The van der Waals surface area contributed by atoms with Gasteiger partial charge in [0.15, 0.2) is 0 Å². The van der Waals surface area contributed by atoms with Gasteiger partial charge in [0, 0.05) is 30.4 Å². The predicted molar refractivity (Wildman–Crippen MR) is 69.7 cm³/mol. The summed E-state index contributed by atoms with van der Waals surface area (Å²) in [4.78, 5) is 4.24. The molecule has 0 bridgehead atoms. The third-order valence-electron chi connectivity index (χ3n) is 3.05. The van der Waals surface area contributed by atoms with Crippen molar-refractivity contribution in [3.05, 3.63) is 42.2 Å². The van der Waals surface area contributed by atoms with E-state index in [2.05, 4.69) is 29.4 Å². The van der Waals surface area contributed by atoms with Crippen LogP contribution in [-0.2, 0) is 6.54 Å². The molecule has 2 rings (SSSR count). The van der Waals surface area contributed by atoms with Gasteiger partial charge >= 0.3 is 0 Å².